The molecular formula is C12H18ClN3O. The summed E-state index contributed by atoms with van der Waals surface area (Å²) in [5.74, 6) is -0.0940. The molecule has 4 nitrogen and oxygen atoms in total. The fourth-order valence-electron chi connectivity index (χ4n) is 1.28. The van der Waals surface area contributed by atoms with E-state index < -0.39 is 5.91 Å². The number of carbonyl (C=O) groups excluding carboxylic acids is 1. The van der Waals surface area contributed by atoms with Gasteiger partial charge in [0.25, 0.3) is 0 Å². The van der Waals surface area contributed by atoms with Crippen molar-refractivity contribution in [2.75, 3.05) is 11.9 Å². The summed E-state index contributed by atoms with van der Waals surface area (Å²) in [5, 5.41) is 3.62. The van der Waals surface area contributed by atoms with E-state index in [1.165, 1.54) is 0 Å². The average molecular weight is 256 g/mol. The van der Waals surface area contributed by atoms with Crippen molar-refractivity contribution < 1.29 is 4.79 Å². The van der Waals surface area contributed by atoms with Crippen LogP contribution >= 0.6 is 11.6 Å². The van der Waals surface area contributed by atoms with Gasteiger partial charge in [-0.15, -0.1) is 0 Å². The summed E-state index contributed by atoms with van der Waals surface area (Å²) in [5.41, 5.74) is 12.2. The highest BCUT2D eigenvalue weighted by Crippen LogP contribution is 2.22. The number of amides is 1. The molecule has 0 aliphatic carbocycles. The second-order valence-corrected chi connectivity index (χ2v) is 4.75. The van der Waals surface area contributed by atoms with E-state index in [1.54, 1.807) is 18.2 Å². The van der Waals surface area contributed by atoms with Gasteiger partial charge in [-0.1, -0.05) is 25.4 Å². The van der Waals surface area contributed by atoms with Gasteiger partial charge in [0.1, 0.15) is 0 Å². The Morgan fingerprint density at radius 3 is 2.59 bits per heavy atom. The summed E-state index contributed by atoms with van der Waals surface area (Å²) in [7, 11) is 0. The molecule has 0 spiro atoms. The second kappa shape index (κ2) is 5.89. The van der Waals surface area contributed by atoms with E-state index in [-0.39, 0.29) is 6.04 Å². The van der Waals surface area contributed by atoms with Crippen LogP contribution in [0.1, 0.15) is 24.2 Å². The highest BCUT2D eigenvalue weighted by atomic mass is 35.5. The number of nitrogens with one attached hydrogen (secondary N) is 1. The fraction of sp³-hybridized carbons (Fsp3) is 0.417. The molecular weight excluding hydrogens is 238 g/mol. The van der Waals surface area contributed by atoms with Crippen LogP contribution < -0.4 is 16.8 Å². The smallest absolute Gasteiger partial charge is 0.248 e. The summed E-state index contributed by atoms with van der Waals surface area (Å²) >= 11 is 6.03. The van der Waals surface area contributed by atoms with Crippen LogP contribution in [0.5, 0.6) is 0 Å². The van der Waals surface area contributed by atoms with E-state index in [0.717, 1.165) is 5.69 Å². The molecule has 5 N–H and O–H groups in total. The molecule has 1 atom stereocenters. The lowest BCUT2D eigenvalue weighted by molar-refractivity contribution is 0.100. The molecule has 5 heteroatoms. The van der Waals surface area contributed by atoms with Crippen molar-refractivity contribution in [3.05, 3.63) is 28.8 Å². The lowest BCUT2D eigenvalue weighted by atomic mass is 10.1. The minimum Gasteiger partial charge on any atom is -0.382 e. The summed E-state index contributed by atoms with van der Waals surface area (Å²) in [4.78, 5) is 10.9. The molecule has 1 unspecified atom stereocenters. The zero-order valence-electron chi connectivity index (χ0n) is 10.0. The van der Waals surface area contributed by atoms with E-state index >= 15 is 0 Å². The third-order valence-corrected chi connectivity index (χ3v) is 2.95. The Labute approximate surface area is 106 Å². The number of primary amides is 1. The summed E-state index contributed by atoms with van der Waals surface area (Å²) in [6.45, 7) is 4.75. The quantitative estimate of drug-likeness (QED) is 0.751. The van der Waals surface area contributed by atoms with Crippen LogP contribution in [0.15, 0.2) is 18.2 Å². The zero-order valence-corrected chi connectivity index (χ0v) is 10.8. The van der Waals surface area contributed by atoms with Gasteiger partial charge in [0, 0.05) is 18.2 Å². The van der Waals surface area contributed by atoms with E-state index in [4.69, 9.17) is 23.1 Å². The lowest BCUT2D eigenvalue weighted by Crippen LogP contribution is -2.34. The number of hydrogen-bond donors (Lipinski definition) is 3. The van der Waals surface area contributed by atoms with E-state index in [9.17, 15) is 4.79 Å². The molecule has 0 heterocycles. The second-order valence-electron chi connectivity index (χ2n) is 4.35. The van der Waals surface area contributed by atoms with Gasteiger partial charge in [0.05, 0.1) is 10.7 Å². The Hall–Kier alpha value is -1.26. The van der Waals surface area contributed by atoms with Gasteiger partial charge in [0.2, 0.25) is 5.91 Å². The molecule has 0 bridgehead atoms. The monoisotopic (exact) mass is 255 g/mol. The largest absolute Gasteiger partial charge is 0.382 e. The molecule has 1 aromatic rings. The molecule has 1 rings (SSSR count). The van der Waals surface area contributed by atoms with Gasteiger partial charge in [-0.25, -0.2) is 0 Å². The predicted octanol–water partition coefficient (Wildman–Crippen LogP) is 1.83. The number of benzene rings is 1. The maximum Gasteiger partial charge on any atom is 0.248 e. The average Bonchev–Trinajstić information content (AvgIpc) is 2.26. The van der Waals surface area contributed by atoms with Crippen molar-refractivity contribution in [1.82, 2.24) is 0 Å². The molecule has 0 radical (unpaired) electrons. The van der Waals surface area contributed by atoms with Crippen LogP contribution in [0, 0.1) is 5.92 Å². The first-order chi connectivity index (χ1) is 7.91. The standard InChI is InChI=1S/C12H18ClN3O/c1-7(2)10(14)6-16-11-4-3-8(12(15)17)5-9(11)13/h3-5,7,10,16H,6,14H2,1-2H3,(H2,15,17). The van der Waals surface area contributed by atoms with Crippen molar-refractivity contribution in [2.45, 2.75) is 19.9 Å². The molecule has 0 fully saturated rings. The highest BCUT2D eigenvalue weighted by Gasteiger charge is 2.09. The minimum absolute atomic E-state index is 0.0573. The molecule has 0 aliphatic rings. The molecule has 0 aromatic heterocycles. The molecule has 17 heavy (non-hydrogen) atoms. The van der Waals surface area contributed by atoms with Crippen molar-refractivity contribution in [2.24, 2.45) is 17.4 Å². The first-order valence-corrected chi connectivity index (χ1v) is 5.88. The molecule has 1 aromatic carbocycles. The van der Waals surface area contributed by atoms with Crippen LogP contribution in [-0.2, 0) is 0 Å². The van der Waals surface area contributed by atoms with Gasteiger partial charge in [-0.2, -0.15) is 0 Å². The fourth-order valence-corrected chi connectivity index (χ4v) is 1.52. The first kappa shape index (κ1) is 13.8. The van der Waals surface area contributed by atoms with E-state index in [1.807, 2.05) is 0 Å². The highest BCUT2D eigenvalue weighted by molar-refractivity contribution is 6.33. The van der Waals surface area contributed by atoms with Crippen LogP contribution in [0.2, 0.25) is 5.02 Å². The Morgan fingerprint density at radius 1 is 1.47 bits per heavy atom. The summed E-state index contributed by atoms with van der Waals surface area (Å²) < 4.78 is 0. The maximum atomic E-state index is 10.9. The van der Waals surface area contributed by atoms with Gasteiger partial charge in [-0.3, -0.25) is 4.79 Å². The van der Waals surface area contributed by atoms with Crippen molar-refractivity contribution >= 4 is 23.2 Å². The van der Waals surface area contributed by atoms with Crippen molar-refractivity contribution in [3.63, 3.8) is 0 Å². The third kappa shape index (κ3) is 3.91. The number of hydrogen-bond acceptors (Lipinski definition) is 3. The Balaban J connectivity index is 2.70. The Kier molecular flexibility index (Phi) is 4.78. The molecule has 0 aliphatic heterocycles. The number of carbonyl (C=O) groups is 1. The topological polar surface area (TPSA) is 81.1 Å². The van der Waals surface area contributed by atoms with Gasteiger partial charge in [0.15, 0.2) is 0 Å². The van der Waals surface area contributed by atoms with Gasteiger partial charge in [-0.05, 0) is 24.1 Å². The minimum atomic E-state index is -0.489. The van der Waals surface area contributed by atoms with E-state index in [2.05, 4.69) is 19.2 Å². The van der Waals surface area contributed by atoms with Crippen LogP contribution in [0.4, 0.5) is 5.69 Å². The van der Waals surface area contributed by atoms with E-state index in [0.29, 0.717) is 23.0 Å². The molecule has 0 saturated heterocycles. The Bertz CT molecular complexity index is 407. The number of nitrogens with two attached hydrogens (primary N) is 2. The lowest BCUT2D eigenvalue weighted by Gasteiger charge is -2.17. The van der Waals surface area contributed by atoms with Crippen LogP contribution in [0.3, 0.4) is 0 Å². The number of rotatable bonds is 5. The molecule has 94 valence electrons. The van der Waals surface area contributed by atoms with Gasteiger partial charge >= 0.3 is 0 Å². The predicted molar refractivity (Wildman–Crippen MR) is 71.3 cm³/mol. The van der Waals surface area contributed by atoms with Crippen molar-refractivity contribution in [1.29, 1.82) is 0 Å². The normalized spacial score (nSPS) is 12.5. The molecule has 1 amide bonds. The summed E-state index contributed by atoms with van der Waals surface area (Å²) in [6.07, 6.45) is 0. The first-order valence-electron chi connectivity index (χ1n) is 5.50. The maximum absolute atomic E-state index is 10.9. The molecule has 0 saturated carbocycles. The zero-order chi connectivity index (χ0) is 13.0. The third-order valence-electron chi connectivity index (χ3n) is 2.64. The van der Waals surface area contributed by atoms with Gasteiger partial charge < -0.3 is 16.8 Å². The SMILES string of the molecule is CC(C)C(N)CNc1ccc(C(N)=O)cc1Cl. The van der Waals surface area contributed by atoms with Crippen LogP contribution in [0.25, 0.3) is 0 Å². The number of anilines is 1. The number of halogens is 1. The van der Waals surface area contributed by atoms with Crippen LogP contribution in [-0.4, -0.2) is 18.5 Å². The Morgan fingerprint density at radius 2 is 2.12 bits per heavy atom. The summed E-state index contributed by atoms with van der Waals surface area (Å²) in [6, 6.07) is 4.97. The van der Waals surface area contributed by atoms with Crippen molar-refractivity contribution in [3.8, 4) is 0 Å².